The first-order chi connectivity index (χ1) is 9.99. The maximum atomic E-state index is 11.3. The van der Waals surface area contributed by atoms with Crippen LogP contribution < -0.4 is 5.32 Å². The molecule has 0 bridgehead atoms. The molecule has 21 heavy (non-hydrogen) atoms. The molecule has 0 aromatic carbocycles. The number of rotatable bonds is 5. The Morgan fingerprint density at radius 2 is 2.24 bits per heavy atom. The van der Waals surface area contributed by atoms with E-state index >= 15 is 0 Å². The van der Waals surface area contributed by atoms with Gasteiger partial charge in [0.15, 0.2) is 6.39 Å². The lowest BCUT2D eigenvalue weighted by Gasteiger charge is -2.23. The first-order valence-electron chi connectivity index (χ1n) is 6.85. The predicted molar refractivity (Wildman–Crippen MR) is 79.7 cm³/mol. The minimum absolute atomic E-state index is 0.243. The lowest BCUT2D eigenvalue weighted by atomic mass is 9.93. The van der Waals surface area contributed by atoms with Gasteiger partial charge in [-0.05, 0) is 26.3 Å². The highest BCUT2D eigenvalue weighted by Gasteiger charge is 2.41. The Labute approximate surface area is 124 Å². The molecule has 1 aliphatic rings. The number of aromatic nitrogens is 1. The molecule has 1 saturated heterocycles. The fraction of sp³-hybridized carbons (Fsp3) is 0.375. The summed E-state index contributed by atoms with van der Waals surface area (Å²) in [5.41, 5.74) is 0.617. The lowest BCUT2D eigenvalue weighted by Crippen LogP contribution is -2.42. The number of oxazole rings is 1. The summed E-state index contributed by atoms with van der Waals surface area (Å²) in [5, 5.41) is 2.79. The van der Waals surface area contributed by atoms with Gasteiger partial charge in [-0.3, -0.25) is 0 Å². The average Bonchev–Trinajstić information content (AvgIpc) is 3.00. The average molecular weight is 288 g/mol. The second kappa shape index (κ2) is 6.43. The summed E-state index contributed by atoms with van der Waals surface area (Å²) >= 11 is 0. The molecule has 1 aromatic heterocycles. The van der Waals surface area contributed by atoms with E-state index in [1.165, 1.54) is 6.39 Å². The minimum Gasteiger partial charge on any atom is -0.448 e. The van der Waals surface area contributed by atoms with Crippen LogP contribution in [0, 0.1) is 0 Å². The largest absolute Gasteiger partial charge is 0.448 e. The van der Waals surface area contributed by atoms with Crippen LogP contribution in [-0.4, -0.2) is 22.7 Å². The van der Waals surface area contributed by atoms with Crippen LogP contribution in [0.3, 0.4) is 0 Å². The van der Waals surface area contributed by atoms with Crippen molar-refractivity contribution < 1.29 is 13.9 Å². The van der Waals surface area contributed by atoms with Gasteiger partial charge < -0.3 is 14.5 Å². The first kappa shape index (κ1) is 15.1. The van der Waals surface area contributed by atoms with Crippen molar-refractivity contribution in [1.29, 1.82) is 0 Å². The maximum Gasteiger partial charge on any atom is 0.408 e. The third-order valence-electron chi connectivity index (χ3n) is 3.24. The summed E-state index contributed by atoms with van der Waals surface area (Å²) in [7, 11) is 0. The van der Waals surface area contributed by atoms with Gasteiger partial charge in [0.2, 0.25) is 0 Å². The van der Waals surface area contributed by atoms with Gasteiger partial charge in [0.25, 0.3) is 0 Å². The van der Waals surface area contributed by atoms with E-state index in [9.17, 15) is 4.79 Å². The van der Waals surface area contributed by atoms with E-state index in [4.69, 9.17) is 9.15 Å². The molecule has 2 rings (SSSR count). The monoisotopic (exact) mass is 288 g/mol. The quantitative estimate of drug-likeness (QED) is 0.845. The molecule has 0 unspecified atom stereocenters. The first-order valence-corrected chi connectivity index (χ1v) is 6.85. The lowest BCUT2D eigenvalue weighted by molar-refractivity contribution is 0.138. The van der Waals surface area contributed by atoms with E-state index in [1.807, 2.05) is 51.2 Å². The molecule has 0 radical (unpaired) electrons. The third-order valence-corrected chi connectivity index (χ3v) is 3.24. The zero-order valence-corrected chi connectivity index (χ0v) is 12.5. The second-order valence-electron chi connectivity index (χ2n) is 5.53. The van der Waals surface area contributed by atoms with Crippen LogP contribution in [0.15, 0.2) is 53.0 Å². The van der Waals surface area contributed by atoms with Gasteiger partial charge >= 0.3 is 6.09 Å². The number of carbonyl (C=O) groups is 1. The molecular weight excluding hydrogens is 268 g/mol. The summed E-state index contributed by atoms with van der Waals surface area (Å²) in [4.78, 5) is 15.1. The van der Waals surface area contributed by atoms with Crippen LogP contribution >= 0.6 is 0 Å². The number of ether oxygens (including phenoxy) is 1. The molecule has 1 N–H and O–H groups in total. The molecule has 112 valence electrons. The number of cyclic esters (lactones) is 1. The predicted octanol–water partition coefficient (Wildman–Crippen LogP) is 3.16. The van der Waals surface area contributed by atoms with Crippen LogP contribution in [0.2, 0.25) is 0 Å². The smallest absolute Gasteiger partial charge is 0.408 e. The molecule has 0 saturated carbocycles. The number of nitrogens with zero attached hydrogens (tertiary/aromatic N) is 1. The van der Waals surface area contributed by atoms with E-state index < -0.39 is 0 Å². The summed E-state index contributed by atoms with van der Waals surface area (Å²) in [6, 6.07) is 0. The third kappa shape index (κ3) is 4.08. The second-order valence-corrected chi connectivity index (χ2v) is 5.53. The molecule has 1 aliphatic heterocycles. The summed E-state index contributed by atoms with van der Waals surface area (Å²) < 4.78 is 10.4. The van der Waals surface area contributed by atoms with Crippen molar-refractivity contribution in [3.8, 4) is 0 Å². The molecule has 2 heterocycles. The standard InChI is InChI=1S/C16H20N2O3/c1-12(14-16(2,3)18-15(19)21-14)8-6-4-5-7-9-13-10-17-11-20-13/h4-8,10-11,14H,9H2,1-3H3,(H,18,19)/b6-4-,7-5+,12-8-/t14-/m1/s1. The Morgan fingerprint density at radius 3 is 2.86 bits per heavy atom. The molecule has 0 aliphatic carbocycles. The van der Waals surface area contributed by atoms with Crippen LogP contribution in [0.25, 0.3) is 0 Å². The Bertz CT molecular complexity index is 568. The molecule has 1 amide bonds. The van der Waals surface area contributed by atoms with Gasteiger partial charge in [0.05, 0.1) is 11.7 Å². The maximum absolute atomic E-state index is 11.3. The normalized spacial score (nSPS) is 22.0. The molecular formula is C16H20N2O3. The zero-order chi connectivity index (χ0) is 15.3. The van der Waals surface area contributed by atoms with Crippen molar-refractivity contribution >= 4 is 6.09 Å². The topological polar surface area (TPSA) is 64.4 Å². The molecule has 5 heteroatoms. The van der Waals surface area contributed by atoms with Crippen LogP contribution in [-0.2, 0) is 11.2 Å². The van der Waals surface area contributed by atoms with Gasteiger partial charge in [-0.2, -0.15) is 0 Å². The van der Waals surface area contributed by atoms with E-state index in [0.717, 1.165) is 11.3 Å². The molecule has 1 aromatic rings. The molecule has 5 nitrogen and oxygen atoms in total. The molecule has 1 atom stereocenters. The number of hydrogen-bond acceptors (Lipinski definition) is 4. The van der Waals surface area contributed by atoms with Gasteiger partial charge in [0, 0.05) is 6.42 Å². The number of hydrogen-bond donors (Lipinski definition) is 1. The number of allylic oxidation sites excluding steroid dienone is 5. The number of alkyl carbamates (subject to hydrolysis) is 1. The van der Waals surface area contributed by atoms with Crippen molar-refractivity contribution in [1.82, 2.24) is 10.3 Å². The van der Waals surface area contributed by atoms with E-state index in [2.05, 4.69) is 10.3 Å². The van der Waals surface area contributed by atoms with Crippen LogP contribution in [0.4, 0.5) is 4.79 Å². The summed E-state index contributed by atoms with van der Waals surface area (Å²) in [6.45, 7) is 5.84. The van der Waals surface area contributed by atoms with Gasteiger partial charge in [-0.25, -0.2) is 9.78 Å². The zero-order valence-electron chi connectivity index (χ0n) is 12.5. The highest BCUT2D eigenvalue weighted by atomic mass is 16.6. The summed E-state index contributed by atoms with van der Waals surface area (Å²) in [5.74, 6) is 0.831. The van der Waals surface area contributed by atoms with Crippen molar-refractivity contribution in [2.45, 2.75) is 38.8 Å². The van der Waals surface area contributed by atoms with Gasteiger partial charge in [0.1, 0.15) is 11.9 Å². The molecule has 1 fully saturated rings. The highest BCUT2D eigenvalue weighted by Crippen LogP contribution is 2.25. The van der Waals surface area contributed by atoms with E-state index in [0.29, 0.717) is 6.42 Å². The Balaban J connectivity index is 1.86. The number of nitrogens with one attached hydrogen (secondary N) is 1. The van der Waals surface area contributed by atoms with E-state index in [1.54, 1.807) is 6.20 Å². The minimum atomic E-state index is -0.381. The fourth-order valence-electron chi connectivity index (χ4n) is 2.24. The Kier molecular flexibility index (Phi) is 4.62. The van der Waals surface area contributed by atoms with Crippen LogP contribution in [0.1, 0.15) is 26.5 Å². The molecule has 0 spiro atoms. The Hall–Kier alpha value is -2.30. The van der Waals surface area contributed by atoms with Crippen molar-refractivity contribution in [3.05, 3.63) is 54.3 Å². The van der Waals surface area contributed by atoms with Crippen molar-refractivity contribution in [2.24, 2.45) is 0 Å². The van der Waals surface area contributed by atoms with E-state index in [-0.39, 0.29) is 17.7 Å². The summed E-state index contributed by atoms with van der Waals surface area (Å²) in [6.07, 6.45) is 13.0. The van der Waals surface area contributed by atoms with Gasteiger partial charge in [-0.1, -0.05) is 30.4 Å². The number of amides is 1. The Morgan fingerprint density at radius 1 is 1.43 bits per heavy atom. The SMILES string of the molecule is C/C(=C/C=C\C=C\Cc1cnco1)[C@H]1OC(=O)NC1(C)C. The fourth-order valence-corrected chi connectivity index (χ4v) is 2.24. The number of carbonyl (C=O) groups excluding carboxylic acids is 1. The van der Waals surface area contributed by atoms with Crippen LogP contribution in [0.5, 0.6) is 0 Å². The van der Waals surface area contributed by atoms with Crippen molar-refractivity contribution in [3.63, 3.8) is 0 Å². The van der Waals surface area contributed by atoms with Gasteiger partial charge in [-0.15, -0.1) is 0 Å². The van der Waals surface area contributed by atoms with Crippen molar-refractivity contribution in [2.75, 3.05) is 0 Å². The highest BCUT2D eigenvalue weighted by molar-refractivity contribution is 5.72.